The maximum Gasteiger partial charge on any atom is 0.194 e. The van der Waals surface area contributed by atoms with Crippen LogP contribution in [0, 0.1) is 5.41 Å². The SMILES string of the molecule is CN(CC=O)P(C)OCCSC(=O)C(C)(C)C. The van der Waals surface area contributed by atoms with Crippen LogP contribution in [-0.4, -0.2) is 48.7 Å². The molecule has 0 rings (SSSR count). The van der Waals surface area contributed by atoms with Crippen LogP contribution in [0.4, 0.5) is 0 Å². The Labute approximate surface area is 109 Å². The molecule has 100 valence electrons. The summed E-state index contributed by atoms with van der Waals surface area (Å²) in [7, 11) is 1.13. The summed E-state index contributed by atoms with van der Waals surface area (Å²) < 4.78 is 7.45. The molecule has 0 bridgehead atoms. The highest BCUT2D eigenvalue weighted by molar-refractivity contribution is 8.13. The number of carbonyl (C=O) groups excluding carboxylic acids is 2. The van der Waals surface area contributed by atoms with Gasteiger partial charge in [0.2, 0.25) is 0 Å². The van der Waals surface area contributed by atoms with E-state index in [4.69, 9.17) is 4.52 Å². The molecular formula is C11H22NO3PS. The predicted octanol–water partition coefficient (Wildman–Crippen LogP) is 2.38. The predicted molar refractivity (Wildman–Crippen MR) is 74.4 cm³/mol. The Kier molecular flexibility index (Phi) is 8.22. The lowest BCUT2D eigenvalue weighted by molar-refractivity contribution is -0.117. The van der Waals surface area contributed by atoms with Crippen molar-refractivity contribution in [1.29, 1.82) is 0 Å². The third kappa shape index (κ3) is 7.87. The van der Waals surface area contributed by atoms with Crippen LogP contribution in [-0.2, 0) is 14.1 Å². The minimum atomic E-state index is -0.729. The number of nitrogens with zero attached hydrogens (tertiary/aromatic N) is 1. The van der Waals surface area contributed by atoms with Crippen molar-refractivity contribution in [3.63, 3.8) is 0 Å². The van der Waals surface area contributed by atoms with Crippen molar-refractivity contribution in [1.82, 2.24) is 4.67 Å². The molecule has 0 N–H and O–H groups in total. The van der Waals surface area contributed by atoms with Crippen molar-refractivity contribution in [2.75, 3.05) is 32.6 Å². The van der Waals surface area contributed by atoms with Gasteiger partial charge in [0.15, 0.2) is 5.12 Å². The molecule has 1 atom stereocenters. The zero-order valence-electron chi connectivity index (χ0n) is 11.2. The van der Waals surface area contributed by atoms with Crippen LogP contribution >= 0.6 is 20.1 Å². The second-order valence-electron chi connectivity index (χ2n) is 4.69. The maximum absolute atomic E-state index is 11.6. The number of carbonyl (C=O) groups is 2. The van der Waals surface area contributed by atoms with Gasteiger partial charge in [0.25, 0.3) is 0 Å². The van der Waals surface area contributed by atoms with Gasteiger partial charge < -0.3 is 9.32 Å². The molecule has 1 unspecified atom stereocenters. The molecule has 0 heterocycles. The molecule has 0 aromatic heterocycles. The van der Waals surface area contributed by atoms with Crippen molar-refractivity contribution in [3.8, 4) is 0 Å². The van der Waals surface area contributed by atoms with E-state index in [0.29, 0.717) is 18.9 Å². The van der Waals surface area contributed by atoms with Crippen molar-refractivity contribution < 1.29 is 14.1 Å². The molecule has 0 saturated carbocycles. The average molecular weight is 279 g/mol. The van der Waals surface area contributed by atoms with Crippen LogP contribution in [0.15, 0.2) is 0 Å². The lowest BCUT2D eigenvalue weighted by Gasteiger charge is -2.22. The molecule has 0 aliphatic rings. The number of thioether (sulfide) groups is 1. The second-order valence-corrected chi connectivity index (χ2v) is 7.63. The third-order valence-corrected chi connectivity index (χ3v) is 4.95. The Morgan fingerprint density at radius 1 is 1.47 bits per heavy atom. The van der Waals surface area contributed by atoms with Gasteiger partial charge in [-0.1, -0.05) is 32.5 Å². The minimum absolute atomic E-state index is 0.183. The number of hydrogen-bond donors (Lipinski definition) is 0. The molecule has 0 aliphatic heterocycles. The Bertz CT molecular complexity index is 256. The van der Waals surface area contributed by atoms with Gasteiger partial charge in [-0.25, -0.2) is 0 Å². The van der Waals surface area contributed by atoms with Gasteiger partial charge in [0, 0.05) is 11.2 Å². The van der Waals surface area contributed by atoms with Gasteiger partial charge in [0.1, 0.15) is 14.6 Å². The normalized spacial score (nSPS) is 13.8. The van der Waals surface area contributed by atoms with Gasteiger partial charge in [-0.2, -0.15) is 0 Å². The largest absolute Gasteiger partial charge is 0.343 e. The number of hydrogen-bond acceptors (Lipinski definition) is 5. The smallest absolute Gasteiger partial charge is 0.194 e. The van der Waals surface area contributed by atoms with E-state index < -0.39 is 8.30 Å². The molecule has 0 aromatic rings. The van der Waals surface area contributed by atoms with Crippen LogP contribution in [0.2, 0.25) is 0 Å². The lowest BCUT2D eigenvalue weighted by atomic mass is 10.00. The first kappa shape index (κ1) is 17.0. The highest BCUT2D eigenvalue weighted by Crippen LogP contribution is 2.35. The van der Waals surface area contributed by atoms with Crippen molar-refractivity contribution in [2.45, 2.75) is 20.8 Å². The molecule has 4 nitrogen and oxygen atoms in total. The lowest BCUT2D eigenvalue weighted by Crippen LogP contribution is -2.18. The number of likely N-dealkylation sites (N-methyl/N-ethyl adjacent to an activating group) is 1. The zero-order chi connectivity index (χ0) is 13.5. The van der Waals surface area contributed by atoms with Gasteiger partial charge in [-0.05, 0) is 13.7 Å². The first-order valence-electron chi connectivity index (χ1n) is 5.47. The summed E-state index contributed by atoms with van der Waals surface area (Å²) >= 11 is 1.31. The van der Waals surface area contributed by atoms with E-state index in [1.54, 1.807) is 0 Å². The summed E-state index contributed by atoms with van der Waals surface area (Å²) in [6.07, 6.45) is 0.861. The summed E-state index contributed by atoms with van der Waals surface area (Å²) in [6, 6.07) is 0. The fraction of sp³-hybridized carbons (Fsp3) is 0.818. The number of aldehydes is 1. The van der Waals surface area contributed by atoms with Gasteiger partial charge in [-0.15, -0.1) is 0 Å². The van der Waals surface area contributed by atoms with Crippen LogP contribution in [0.25, 0.3) is 0 Å². The van der Waals surface area contributed by atoms with Crippen LogP contribution in [0.1, 0.15) is 20.8 Å². The van der Waals surface area contributed by atoms with E-state index in [0.717, 1.165) is 6.29 Å². The minimum Gasteiger partial charge on any atom is -0.343 e. The van der Waals surface area contributed by atoms with E-state index in [2.05, 4.69) is 0 Å². The molecule has 0 saturated heterocycles. The summed E-state index contributed by atoms with van der Waals surface area (Å²) in [5, 5.41) is 0.183. The van der Waals surface area contributed by atoms with E-state index in [-0.39, 0.29) is 10.5 Å². The summed E-state index contributed by atoms with van der Waals surface area (Å²) in [5.74, 6) is 0.664. The monoisotopic (exact) mass is 279 g/mol. The van der Waals surface area contributed by atoms with E-state index in [1.165, 1.54) is 11.8 Å². The molecule has 6 heteroatoms. The Hall–Kier alpha value is 0.0400. The van der Waals surface area contributed by atoms with Gasteiger partial charge in [-0.3, -0.25) is 9.46 Å². The Balaban J connectivity index is 3.71. The molecular weight excluding hydrogens is 257 g/mol. The van der Waals surface area contributed by atoms with E-state index >= 15 is 0 Å². The van der Waals surface area contributed by atoms with Crippen molar-refractivity contribution in [2.24, 2.45) is 5.41 Å². The molecule has 0 fully saturated rings. The van der Waals surface area contributed by atoms with Gasteiger partial charge >= 0.3 is 0 Å². The first-order chi connectivity index (χ1) is 7.79. The van der Waals surface area contributed by atoms with E-state index in [9.17, 15) is 9.59 Å². The van der Waals surface area contributed by atoms with Crippen molar-refractivity contribution >= 4 is 31.5 Å². The highest BCUT2D eigenvalue weighted by atomic mass is 32.2. The maximum atomic E-state index is 11.6. The van der Waals surface area contributed by atoms with E-state index in [1.807, 2.05) is 39.2 Å². The van der Waals surface area contributed by atoms with Crippen LogP contribution in [0.5, 0.6) is 0 Å². The molecule has 0 aliphatic carbocycles. The fourth-order valence-corrected chi connectivity index (χ4v) is 2.60. The molecule has 0 spiro atoms. The fourth-order valence-electron chi connectivity index (χ4n) is 0.842. The topological polar surface area (TPSA) is 46.6 Å². The van der Waals surface area contributed by atoms with Crippen molar-refractivity contribution in [3.05, 3.63) is 0 Å². The zero-order valence-corrected chi connectivity index (χ0v) is 12.9. The van der Waals surface area contributed by atoms with Crippen LogP contribution in [0.3, 0.4) is 0 Å². The Morgan fingerprint density at radius 3 is 2.53 bits per heavy atom. The quantitative estimate of drug-likeness (QED) is 0.407. The van der Waals surface area contributed by atoms with Crippen LogP contribution < -0.4 is 0 Å². The molecule has 0 aromatic carbocycles. The highest BCUT2D eigenvalue weighted by Gasteiger charge is 2.21. The molecule has 17 heavy (non-hydrogen) atoms. The molecule has 0 amide bonds. The molecule has 0 radical (unpaired) electrons. The second kappa shape index (κ2) is 8.20. The van der Waals surface area contributed by atoms with Gasteiger partial charge in [0.05, 0.1) is 13.2 Å². The third-order valence-electron chi connectivity index (χ3n) is 2.03. The average Bonchev–Trinajstić information content (AvgIpc) is 2.22. The first-order valence-corrected chi connectivity index (χ1v) is 8.12. The standard InChI is InChI=1S/C11H22NO3PS/c1-11(2,3)10(14)17-9-8-15-16(5)12(4)6-7-13/h7H,6,8-9H2,1-5H3. The summed E-state index contributed by atoms with van der Waals surface area (Å²) in [6.45, 7) is 8.61. The summed E-state index contributed by atoms with van der Waals surface area (Å²) in [5.41, 5.74) is -0.296. The Morgan fingerprint density at radius 2 is 2.06 bits per heavy atom. The summed E-state index contributed by atoms with van der Waals surface area (Å²) in [4.78, 5) is 21.9. The number of rotatable bonds is 7.